The predicted octanol–water partition coefficient (Wildman–Crippen LogP) is 7.74. The second-order valence-corrected chi connectivity index (χ2v) is 8.46. The molecule has 0 bridgehead atoms. The van der Waals surface area contributed by atoms with E-state index < -0.39 is 0 Å². The molecule has 1 heteroatoms. The molecule has 2 aromatic rings. The molecule has 0 heterocycles. The van der Waals surface area contributed by atoms with E-state index in [0.717, 1.165) is 17.0 Å². The van der Waals surface area contributed by atoms with E-state index in [1.54, 1.807) is 0 Å². The minimum atomic E-state index is 0.574. The zero-order valence-corrected chi connectivity index (χ0v) is 17.8. The summed E-state index contributed by atoms with van der Waals surface area (Å²) in [4.78, 5) is 0. The standard InChI is InChI=1S/C28H33N/c1-2-3-4-5-6-7-23-8-10-24(11-9-23)12-13-25-14-18-27(19-15-25)28-20-16-26(22-29)17-21-28/h14-21,23-24H,2-11H2,1H3/t23-,24-. The minimum Gasteiger partial charge on any atom is -0.192 e. The van der Waals surface area contributed by atoms with Gasteiger partial charge in [-0.25, -0.2) is 0 Å². The van der Waals surface area contributed by atoms with Crippen LogP contribution in [-0.4, -0.2) is 0 Å². The molecule has 0 N–H and O–H groups in total. The van der Waals surface area contributed by atoms with Gasteiger partial charge in [0.15, 0.2) is 0 Å². The Morgan fingerprint density at radius 1 is 0.759 bits per heavy atom. The zero-order chi connectivity index (χ0) is 20.3. The van der Waals surface area contributed by atoms with E-state index in [-0.39, 0.29) is 0 Å². The first-order chi connectivity index (χ1) is 14.3. The second kappa shape index (κ2) is 11.5. The van der Waals surface area contributed by atoms with Gasteiger partial charge in [0.2, 0.25) is 0 Å². The Hall–Kier alpha value is -2.51. The SMILES string of the molecule is CCCCCCC[C@H]1CC[C@H](C#Cc2ccc(-c3ccc(C#N)cc3)cc2)CC1. The first-order valence-corrected chi connectivity index (χ1v) is 11.4. The molecule has 0 spiro atoms. The van der Waals surface area contributed by atoms with Gasteiger partial charge in [0.05, 0.1) is 11.6 Å². The summed E-state index contributed by atoms with van der Waals surface area (Å²) in [5, 5.41) is 8.92. The highest BCUT2D eigenvalue weighted by Gasteiger charge is 2.19. The van der Waals surface area contributed by atoms with E-state index >= 15 is 0 Å². The molecule has 1 fully saturated rings. The molecule has 0 amide bonds. The first-order valence-electron chi connectivity index (χ1n) is 11.4. The molecule has 0 aliphatic heterocycles. The van der Waals surface area contributed by atoms with E-state index in [9.17, 15) is 0 Å². The molecule has 0 saturated heterocycles. The van der Waals surface area contributed by atoms with Gasteiger partial charge in [-0.05, 0) is 67.0 Å². The van der Waals surface area contributed by atoms with Crippen molar-refractivity contribution in [2.75, 3.05) is 0 Å². The highest BCUT2D eigenvalue weighted by atomic mass is 14.2. The summed E-state index contributed by atoms with van der Waals surface area (Å²) in [5.41, 5.74) is 4.10. The van der Waals surface area contributed by atoms with Crippen LogP contribution in [0.3, 0.4) is 0 Å². The van der Waals surface area contributed by atoms with Gasteiger partial charge in [-0.3, -0.25) is 0 Å². The fraction of sp³-hybridized carbons (Fsp3) is 0.464. The van der Waals surface area contributed by atoms with Gasteiger partial charge in [0, 0.05) is 11.5 Å². The van der Waals surface area contributed by atoms with Crippen molar-refractivity contribution in [1.82, 2.24) is 0 Å². The summed E-state index contributed by atoms with van der Waals surface area (Å²) in [7, 11) is 0. The average molecular weight is 384 g/mol. The molecule has 1 aliphatic rings. The zero-order valence-electron chi connectivity index (χ0n) is 17.8. The number of hydrogen-bond acceptors (Lipinski definition) is 1. The minimum absolute atomic E-state index is 0.574. The van der Waals surface area contributed by atoms with Crippen molar-refractivity contribution in [1.29, 1.82) is 5.26 Å². The van der Waals surface area contributed by atoms with Crippen LogP contribution in [0, 0.1) is 35.0 Å². The molecule has 150 valence electrons. The van der Waals surface area contributed by atoms with E-state index in [1.165, 1.54) is 69.8 Å². The predicted molar refractivity (Wildman–Crippen MR) is 122 cm³/mol. The number of hydrogen-bond donors (Lipinski definition) is 0. The molecular formula is C28H33N. The fourth-order valence-electron chi connectivity index (χ4n) is 4.30. The normalized spacial score (nSPS) is 18.5. The van der Waals surface area contributed by atoms with Gasteiger partial charge in [-0.1, -0.05) is 81.6 Å². The van der Waals surface area contributed by atoms with Gasteiger partial charge in [-0.2, -0.15) is 5.26 Å². The van der Waals surface area contributed by atoms with Crippen molar-refractivity contribution in [3.8, 4) is 29.0 Å². The van der Waals surface area contributed by atoms with Gasteiger partial charge >= 0.3 is 0 Å². The van der Waals surface area contributed by atoms with Crippen molar-refractivity contribution < 1.29 is 0 Å². The summed E-state index contributed by atoms with van der Waals surface area (Å²) in [6.07, 6.45) is 13.7. The Morgan fingerprint density at radius 2 is 1.34 bits per heavy atom. The molecule has 0 aromatic heterocycles. The van der Waals surface area contributed by atoms with Crippen molar-refractivity contribution in [3.63, 3.8) is 0 Å². The molecule has 1 saturated carbocycles. The van der Waals surface area contributed by atoms with E-state index in [0.29, 0.717) is 11.5 Å². The smallest absolute Gasteiger partial charge is 0.0991 e. The first kappa shape index (κ1) is 21.2. The molecule has 3 rings (SSSR count). The summed E-state index contributed by atoms with van der Waals surface area (Å²) in [6.45, 7) is 2.28. The maximum Gasteiger partial charge on any atom is 0.0991 e. The third kappa shape index (κ3) is 6.80. The van der Waals surface area contributed by atoms with E-state index in [4.69, 9.17) is 5.26 Å². The van der Waals surface area contributed by atoms with E-state index in [2.05, 4.69) is 49.1 Å². The Morgan fingerprint density at radius 3 is 1.93 bits per heavy atom. The van der Waals surface area contributed by atoms with Crippen LogP contribution in [-0.2, 0) is 0 Å². The largest absolute Gasteiger partial charge is 0.192 e. The number of nitriles is 1. The van der Waals surface area contributed by atoms with Crippen LogP contribution < -0.4 is 0 Å². The number of unbranched alkanes of at least 4 members (excludes halogenated alkanes) is 4. The van der Waals surface area contributed by atoms with Crippen LogP contribution in [0.1, 0.15) is 82.3 Å². The van der Waals surface area contributed by atoms with Crippen LogP contribution in [0.2, 0.25) is 0 Å². The fourth-order valence-corrected chi connectivity index (χ4v) is 4.30. The van der Waals surface area contributed by atoms with Crippen LogP contribution in [0.25, 0.3) is 11.1 Å². The quantitative estimate of drug-likeness (QED) is 0.354. The highest BCUT2D eigenvalue weighted by molar-refractivity contribution is 5.65. The van der Waals surface area contributed by atoms with Gasteiger partial charge in [-0.15, -0.1) is 0 Å². The lowest BCUT2D eigenvalue weighted by Crippen LogP contribution is -2.13. The van der Waals surface area contributed by atoms with Crippen LogP contribution in [0.4, 0.5) is 0 Å². The number of benzene rings is 2. The Labute approximate surface area is 177 Å². The van der Waals surface area contributed by atoms with Gasteiger partial charge < -0.3 is 0 Å². The highest BCUT2D eigenvalue weighted by Crippen LogP contribution is 2.32. The summed E-state index contributed by atoms with van der Waals surface area (Å²) >= 11 is 0. The molecule has 1 nitrogen and oxygen atoms in total. The molecule has 0 atom stereocenters. The van der Waals surface area contributed by atoms with Crippen LogP contribution >= 0.6 is 0 Å². The molecule has 1 aliphatic carbocycles. The van der Waals surface area contributed by atoms with Crippen molar-refractivity contribution >= 4 is 0 Å². The summed E-state index contributed by atoms with van der Waals surface area (Å²) in [5.74, 6) is 8.45. The van der Waals surface area contributed by atoms with Crippen molar-refractivity contribution in [3.05, 3.63) is 59.7 Å². The second-order valence-electron chi connectivity index (χ2n) is 8.46. The number of rotatable bonds is 7. The van der Waals surface area contributed by atoms with Crippen molar-refractivity contribution in [2.45, 2.75) is 71.1 Å². The molecule has 0 unspecified atom stereocenters. The van der Waals surface area contributed by atoms with Gasteiger partial charge in [0.1, 0.15) is 0 Å². The third-order valence-electron chi connectivity index (χ3n) is 6.22. The number of nitrogens with zero attached hydrogens (tertiary/aromatic N) is 1. The molecular weight excluding hydrogens is 350 g/mol. The lowest BCUT2D eigenvalue weighted by atomic mass is 9.80. The average Bonchev–Trinajstić information content (AvgIpc) is 2.79. The lowest BCUT2D eigenvalue weighted by Gasteiger charge is -2.25. The summed E-state index contributed by atoms with van der Waals surface area (Å²) in [6, 6.07) is 18.4. The molecule has 29 heavy (non-hydrogen) atoms. The third-order valence-corrected chi connectivity index (χ3v) is 6.22. The molecule has 2 aromatic carbocycles. The van der Waals surface area contributed by atoms with Crippen LogP contribution in [0.5, 0.6) is 0 Å². The Kier molecular flexibility index (Phi) is 8.40. The lowest BCUT2D eigenvalue weighted by molar-refractivity contribution is 0.294. The molecule has 0 radical (unpaired) electrons. The maximum absolute atomic E-state index is 8.92. The van der Waals surface area contributed by atoms with E-state index in [1.807, 2.05) is 24.3 Å². The Balaban J connectivity index is 1.45. The van der Waals surface area contributed by atoms with Crippen molar-refractivity contribution in [2.24, 2.45) is 11.8 Å². The summed E-state index contributed by atoms with van der Waals surface area (Å²) < 4.78 is 0. The topological polar surface area (TPSA) is 23.8 Å². The van der Waals surface area contributed by atoms with Gasteiger partial charge in [0.25, 0.3) is 0 Å². The Bertz CT molecular complexity index is 834. The van der Waals surface area contributed by atoms with Crippen LogP contribution in [0.15, 0.2) is 48.5 Å². The maximum atomic E-state index is 8.92. The monoisotopic (exact) mass is 383 g/mol.